The van der Waals surface area contributed by atoms with Crippen molar-refractivity contribution in [3.8, 4) is 0 Å². The standard InChI is InChI=1S/C32H55N7O6S/c1-10-21(7)27(38-29(41)23-12-14-39(45)15-13-23)32(44)36-25(18-46-9)30(42)35-24(16-19(3)4)17-34-22(8)28(40)37-26(20(5)6)31(43)33-11-2/h12-15,19-22,24-27,34H,10-11,16-18H2,1-9H3,(H,33,43)(H,35,42)(H,36,44)(H,37,40)(H,38,41)/t21-,22-,24-,25-,26-,27-/m0/s1. The van der Waals surface area contributed by atoms with E-state index in [2.05, 4.69) is 31.9 Å². The third-order valence-corrected chi connectivity index (χ3v) is 8.24. The van der Waals surface area contributed by atoms with Gasteiger partial charge in [0.05, 0.1) is 11.6 Å². The van der Waals surface area contributed by atoms with Gasteiger partial charge in [-0.2, -0.15) is 16.5 Å². The molecule has 5 amide bonds. The number of rotatable bonds is 20. The number of amides is 5. The van der Waals surface area contributed by atoms with Gasteiger partial charge < -0.3 is 37.1 Å². The summed E-state index contributed by atoms with van der Waals surface area (Å²) in [4.78, 5) is 65.2. The summed E-state index contributed by atoms with van der Waals surface area (Å²) >= 11 is 1.40. The highest BCUT2D eigenvalue weighted by Gasteiger charge is 2.31. The molecule has 13 nitrogen and oxygen atoms in total. The van der Waals surface area contributed by atoms with Crippen molar-refractivity contribution in [1.82, 2.24) is 31.9 Å². The van der Waals surface area contributed by atoms with Gasteiger partial charge in [-0.05, 0) is 44.3 Å². The van der Waals surface area contributed by atoms with Gasteiger partial charge in [0.2, 0.25) is 23.6 Å². The van der Waals surface area contributed by atoms with E-state index in [9.17, 15) is 29.2 Å². The van der Waals surface area contributed by atoms with Crippen LogP contribution in [0.2, 0.25) is 0 Å². The molecule has 6 atom stereocenters. The fourth-order valence-electron chi connectivity index (χ4n) is 4.67. The van der Waals surface area contributed by atoms with E-state index in [0.29, 0.717) is 29.9 Å². The number of nitrogens with zero attached hydrogens (tertiary/aromatic N) is 1. The number of pyridine rings is 1. The number of thioether (sulfide) groups is 1. The Morgan fingerprint density at radius 3 is 1.98 bits per heavy atom. The summed E-state index contributed by atoms with van der Waals surface area (Å²) in [5.41, 5.74) is 0.238. The van der Waals surface area contributed by atoms with E-state index in [0.717, 1.165) is 0 Å². The molecule has 6 N–H and O–H groups in total. The van der Waals surface area contributed by atoms with Crippen molar-refractivity contribution < 1.29 is 28.7 Å². The van der Waals surface area contributed by atoms with E-state index >= 15 is 0 Å². The van der Waals surface area contributed by atoms with Crippen LogP contribution < -0.4 is 36.6 Å². The maximum atomic E-state index is 13.5. The molecule has 14 heteroatoms. The number of hydrogen-bond donors (Lipinski definition) is 6. The van der Waals surface area contributed by atoms with Crippen LogP contribution in [-0.4, -0.2) is 84.8 Å². The Labute approximate surface area is 278 Å². The molecular formula is C32H55N7O6S. The zero-order valence-electron chi connectivity index (χ0n) is 28.8. The van der Waals surface area contributed by atoms with Crippen LogP contribution in [0.3, 0.4) is 0 Å². The normalized spacial score (nSPS) is 15.2. The molecule has 1 aromatic rings. The number of hydrogen-bond acceptors (Lipinski definition) is 8. The number of nitrogens with one attached hydrogen (secondary N) is 6. The minimum atomic E-state index is -0.907. The van der Waals surface area contributed by atoms with E-state index in [4.69, 9.17) is 0 Å². The van der Waals surface area contributed by atoms with Crippen LogP contribution in [0.15, 0.2) is 24.5 Å². The highest BCUT2D eigenvalue weighted by Crippen LogP contribution is 2.12. The largest absolute Gasteiger partial charge is 0.619 e. The summed E-state index contributed by atoms with van der Waals surface area (Å²) in [6.45, 7) is 15.8. The number of aromatic nitrogens is 1. The molecule has 0 fully saturated rings. The smallest absolute Gasteiger partial charge is 0.252 e. The van der Waals surface area contributed by atoms with Gasteiger partial charge in [-0.1, -0.05) is 48.0 Å². The lowest BCUT2D eigenvalue weighted by molar-refractivity contribution is -0.605. The topological polar surface area (TPSA) is 184 Å². The van der Waals surface area contributed by atoms with Gasteiger partial charge >= 0.3 is 0 Å². The van der Waals surface area contributed by atoms with Crippen molar-refractivity contribution in [2.75, 3.05) is 25.1 Å². The number of carbonyl (C=O) groups is 5. The second-order valence-electron chi connectivity index (χ2n) is 12.4. The minimum Gasteiger partial charge on any atom is -0.619 e. The molecule has 260 valence electrons. The van der Waals surface area contributed by atoms with Crippen molar-refractivity contribution in [1.29, 1.82) is 0 Å². The molecule has 0 aromatic carbocycles. The highest BCUT2D eigenvalue weighted by molar-refractivity contribution is 7.98. The van der Waals surface area contributed by atoms with Crippen LogP contribution in [0.4, 0.5) is 0 Å². The van der Waals surface area contributed by atoms with Gasteiger partial charge in [-0.15, -0.1) is 0 Å². The first kappa shape index (κ1) is 40.6. The molecule has 1 rings (SSSR count). The molecule has 0 aliphatic carbocycles. The molecule has 0 saturated heterocycles. The average Bonchev–Trinajstić information content (AvgIpc) is 3.00. The molecule has 1 heterocycles. The monoisotopic (exact) mass is 665 g/mol. The fraction of sp³-hybridized carbons (Fsp3) is 0.688. The Kier molecular flexibility index (Phi) is 18.3. The molecule has 0 aliphatic heterocycles. The predicted molar refractivity (Wildman–Crippen MR) is 181 cm³/mol. The third kappa shape index (κ3) is 13.9. The van der Waals surface area contributed by atoms with E-state index in [-0.39, 0.29) is 53.6 Å². The first-order valence-corrected chi connectivity index (χ1v) is 17.4. The summed E-state index contributed by atoms with van der Waals surface area (Å²) in [6.07, 6.45) is 5.46. The van der Waals surface area contributed by atoms with Crippen molar-refractivity contribution in [3.63, 3.8) is 0 Å². The lowest BCUT2D eigenvalue weighted by Crippen LogP contribution is -2.58. The van der Waals surface area contributed by atoms with Crippen LogP contribution in [0.25, 0.3) is 0 Å². The number of carbonyl (C=O) groups excluding carboxylic acids is 5. The fourth-order valence-corrected chi connectivity index (χ4v) is 5.24. The molecule has 0 unspecified atom stereocenters. The Balaban J connectivity index is 2.97. The minimum absolute atomic E-state index is 0.100. The molecule has 0 spiro atoms. The Hall–Kier alpha value is -3.39. The van der Waals surface area contributed by atoms with E-state index < -0.39 is 36.0 Å². The molecular weight excluding hydrogens is 610 g/mol. The maximum Gasteiger partial charge on any atom is 0.252 e. The second kappa shape index (κ2) is 20.7. The average molecular weight is 666 g/mol. The zero-order chi connectivity index (χ0) is 35.0. The van der Waals surface area contributed by atoms with Crippen LogP contribution in [0, 0.1) is 23.0 Å². The predicted octanol–water partition coefficient (Wildman–Crippen LogP) is 1.10. The summed E-state index contributed by atoms with van der Waals surface area (Å²) in [6, 6.07) is -0.682. The van der Waals surface area contributed by atoms with Crippen LogP contribution >= 0.6 is 11.8 Å². The summed E-state index contributed by atoms with van der Waals surface area (Å²) in [7, 11) is 0. The third-order valence-electron chi connectivity index (χ3n) is 7.58. The Bertz CT molecular complexity index is 1130. The van der Waals surface area contributed by atoms with E-state index in [1.165, 1.54) is 36.3 Å². The summed E-state index contributed by atoms with van der Waals surface area (Å²) in [5.74, 6) is -1.72. The van der Waals surface area contributed by atoms with Gasteiger partial charge in [0.1, 0.15) is 18.1 Å². The highest BCUT2D eigenvalue weighted by atomic mass is 32.2. The Morgan fingerprint density at radius 2 is 1.46 bits per heavy atom. The molecule has 0 aliphatic rings. The molecule has 1 aromatic heterocycles. The van der Waals surface area contributed by atoms with E-state index in [1.54, 1.807) is 6.92 Å². The van der Waals surface area contributed by atoms with Crippen molar-refractivity contribution in [2.45, 2.75) is 98.4 Å². The Morgan fingerprint density at radius 1 is 0.826 bits per heavy atom. The van der Waals surface area contributed by atoms with Crippen molar-refractivity contribution >= 4 is 41.3 Å². The van der Waals surface area contributed by atoms with Gasteiger partial charge in [-0.3, -0.25) is 24.0 Å². The quantitative estimate of drug-likeness (QED) is 0.0884. The maximum absolute atomic E-state index is 13.5. The zero-order valence-corrected chi connectivity index (χ0v) is 29.6. The second-order valence-corrected chi connectivity index (χ2v) is 13.3. The van der Waals surface area contributed by atoms with Gasteiger partial charge in [0.15, 0.2) is 12.4 Å². The molecule has 0 saturated carbocycles. The van der Waals surface area contributed by atoms with E-state index in [1.807, 2.05) is 54.7 Å². The SMILES string of the molecule is CCNC(=O)[C@@H](NC(=O)[C@H](C)NC[C@H](CC(C)C)NC(=O)[C@H](CSC)NC(=O)[C@@H](NC(=O)c1cc[n+]([O-])cc1)[C@@H](C)CC)C(C)C. The summed E-state index contributed by atoms with van der Waals surface area (Å²) in [5, 5.41) is 28.7. The van der Waals surface area contributed by atoms with Crippen LogP contribution in [-0.2, 0) is 19.2 Å². The number of likely N-dealkylation sites (N-methyl/N-ethyl adjacent to an activating group) is 1. The van der Waals surface area contributed by atoms with Gasteiger partial charge in [-0.25, -0.2) is 0 Å². The van der Waals surface area contributed by atoms with Gasteiger partial charge in [0.25, 0.3) is 5.91 Å². The first-order valence-electron chi connectivity index (χ1n) is 16.1. The first-order chi connectivity index (χ1) is 21.6. The van der Waals surface area contributed by atoms with Gasteiger partial charge in [0, 0.05) is 37.0 Å². The van der Waals surface area contributed by atoms with Crippen molar-refractivity contribution in [2.24, 2.45) is 17.8 Å². The lowest BCUT2D eigenvalue weighted by atomic mass is 9.97. The van der Waals surface area contributed by atoms with Crippen LogP contribution in [0.1, 0.15) is 78.6 Å². The van der Waals surface area contributed by atoms with Crippen LogP contribution in [0.5, 0.6) is 0 Å². The summed E-state index contributed by atoms with van der Waals surface area (Å²) < 4.78 is 0.565. The molecule has 0 bridgehead atoms. The molecule has 0 radical (unpaired) electrons. The van der Waals surface area contributed by atoms with Crippen molar-refractivity contribution in [3.05, 3.63) is 35.3 Å². The lowest BCUT2D eigenvalue weighted by Gasteiger charge is -2.29. The molecule has 46 heavy (non-hydrogen) atoms.